The van der Waals surface area contributed by atoms with Crippen molar-refractivity contribution < 1.29 is 4.74 Å². The highest BCUT2D eigenvalue weighted by molar-refractivity contribution is 4.83. The van der Waals surface area contributed by atoms with Crippen LogP contribution in [0.15, 0.2) is 0 Å². The molecule has 1 rings (SSSR count). The van der Waals surface area contributed by atoms with Crippen molar-refractivity contribution in [1.29, 1.82) is 0 Å². The van der Waals surface area contributed by atoms with Gasteiger partial charge in [-0.2, -0.15) is 0 Å². The molecule has 16 heavy (non-hydrogen) atoms. The molecule has 0 aliphatic heterocycles. The molecule has 1 aliphatic rings. The summed E-state index contributed by atoms with van der Waals surface area (Å²) >= 11 is 0. The van der Waals surface area contributed by atoms with E-state index in [0.29, 0.717) is 0 Å². The zero-order chi connectivity index (χ0) is 12.0. The van der Waals surface area contributed by atoms with E-state index in [2.05, 4.69) is 38.2 Å². The van der Waals surface area contributed by atoms with Gasteiger partial charge in [0.15, 0.2) is 0 Å². The first-order valence-corrected chi connectivity index (χ1v) is 6.45. The van der Waals surface area contributed by atoms with Crippen LogP contribution >= 0.6 is 0 Å². The second-order valence-electron chi connectivity index (χ2n) is 6.03. The van der Waals surface area contributed by atoms with Gasteiger partial charge in [0.25, 0.3) is 0 Å². The Labute approximate surface area is 101 Å². The number of nitrogens with zero attached hydrogens (tertiary/aromatic N) is 1. The lowest BCUT2D eigenvalue weighted by atomic mass is 9.95. The highest BCUT2D eigenvalue weighted by atomic mass is 16.5. The summed E-state index contributed by atoms with van der Waals surface area (Å²) in [6, 6.07) is 0.799. The molecule has 1 N–H and O–H groups in total. The van der Waals surface area contributed by atoms with E-state index >= 15 is 0 Å². The molecule has 0 unspecified atom stereocenters. The van der Waals surface area contributed by atoms with Crippen molar-refractivity contribution in [1.82, 2.24) is 10.2 Å². The van der Waals surface area contributed by atoms with Crippen LogP contribution in [0.4, 0.5) is 0 Å². The molecule has 0 amide bonds. The third kappa shape index (κ3) is 7.20. The van der Waals surface area contributed by atoms with Crippen molar-refractivity contribution in [3.05, 3.63) is 0 Å². The molecule has 0 aromatic rings. The molecular formula is C13H28N2O. The van der Waals surface area contributed by atoms with E-state index in [-0.39, 0.29) is 5.41 Å². The molecule has 0 aromatic carbocycles. The van der Waals surface area contributed by atoms with Gasteiger partial charge in [-0.05, 0) is 39.9 Å². The van der Waals surface area contributed by atoms with Crippen LogP contribution in [0.25, 0.3) is 0 Å². The maximum atomic E-state index is 5.73. The zero-order valence-corrected chi connectivity index (χ0v) is 11.4. The van der Waals surface area contributed by atoms with Gasteiger partial charge in [-0.3, -0.25) is 0 Å². The van der Waals surface area contributed by atoms with E-state index in [1.165, 1.54) is 12.8 Å². The number of hydrogen-bond acceptors (Lipinski definition) is 3. The summed E-state index contributed by atoms with van der Waals surface area (Å²) in [6.45, 7) is 8.47. The highest BCUT2D eigenvalue weighted by Gasteiger charge is 2.25. The van der Waals surface area contributed by atoms with Crippen LogP contribution in [0.2, 0.25) is 0 Å². The highest BCUT2D eigenvalue weighted by Crippen LogP contribution is 2.21. The first-order chi connectivity index (χ1) is 7.49. The standard InChI is InChI=1S/C13H28N2O/c1-13(2,10-14-12-6-7-12)11-16-9-5-8-15(3)4/h12,14H,5-11H2,1-4H3. The monoisotopic (exact) mass is 228 g/mol. The Kier molecular flexibility index (Phi) is 5.73. The molecule has 1 aliphatic carbocycles. The van der Waals surface area contributed by atoms with Crippen molar-refractivity contribution in [2.45, 2.75) is 39.2 Å². The van der Waals surface area contributed by atoms with E-state index in [9.17, 15) is 0 Å². The van der Waals surface area contributed by atoms with E-state index in [0.717, 1.165) is 38.8 Å². The molecule has 0 aromatic heterocycles. The molecular weight excluding hydrogens is 200 g/mol. The normalized spacial score (nSPS) is 17.1. The average Bonchev–Trinajstić information content (AvgIpc) is 2.97. The number of ether oxygens (including phenoxy) is 1. The predicted octanol–water partition coefficient (Wildman–Crippen LogP) is 1.73. The van der Waals surface area contributed by atoms with Gasteiger partial charge >= 0.3 is 0 Å². The average molecular weight is 228 g/mol. The topological polar surface area (TPSA) is 24.5 Å². The van der Waals surface area contributed by atoms with E-state index in [1.54, 1.807) is 0 Å². The van der Waals surface area contributed by atoms with E-state index in [1.807, 2.05) is 0 Å². The lowest BCUT2D eigenvalue weighted by Gasteiger charge is -2.25. The van der Waals surface area contributed by atoms with Gasteiger partial charge in [0, 0.05) is 24.6 Å². The van der Waals surface area contributed by atoms with Crippen LogP contribution in [0.3, 0.4) is 0 Å². The Morgan fingerprint density at radius 2 is 2.00 bits per heavy atom. The Balaban J connectivity index is 1.96. The second-order valence-corrected chi connectivity index (χ2v) is 6.03. The molecule has 96 valence electrons. The molecule has 0 spiro atoms. The Morgan fingerprint density at radius 3 is 2.56 bits per heavy atom. The van der Waals surface area contributed by atoms with Crippen molar-refractivity contribution in [2.75, 3.05) is 40.4 Å². The fourth-order valence-electron chi connectivity index (χ4n) is 1.59. The van der Waals surface area contributed by atoms with Gasteiger partial charge < -0.3 is 15.0 Å². The quantitative estimate of drug-likeness (QED) is 0.608. The van der Waals surface area contributed by atoms with Gasteiger partial charge in [-0.25, -0.2) is 0 Å². The molecule has 1 saturated carbocycles. The fourth-order valence-corrected chi connectivity index (χ4v) is 1.59. The first kappa shape index (κ1) is 13.9. The summed E-state index contributed by atoms with van der Waals surface area (Å²) < 4.78 is 5.73. The van der Waals surface area contributed by atoms with Crippen LogP contribution in [0, 0.1) is 5.41 Å². The molecule has 1 fully saturated rings. The lowest BCUT2D eigenvalue weighted by molar-refractivity contribution is 0.0578. The first-order valence-electron chi connectivity index (χ1n) is 6.45. The van der Waals surface area contributed by atoms with Gasteiger partial charge in [0.1, 0.15) is 0 Å². The van der Waals surface area contributed by atoms with E-state index in [4.69, 9.17) is 4.74 Å². The SMILES string of the molecule is CN(C)CCCOCC(C)(C)CNC1CC1. The van der Waals surface area contributed by atoms with E-state index < -0.39 is 0 Å². The second kappa shape index (κ2) is 6.58. The van der Waals surface area contributed by atoms with Gasteiger partial charge in [0.2, 0.25) is 0 Å². The summed E-state index contributed by atoms with van der Waals surface area (Å²) in [6.07, 6.45) is 3.85. The minimum Gasteiger partial charge on any atom is -0.381 e. The van der Waals surface area contributed by atoms with Gasteiger partial charge in [0.05, 0.1) is 6.61 Å². The molecule has 0 saturated heterocycles. The third-order valence-electron chi connectivity index (χ3n) is 2.83. The fraction of sp³-hybridized carbons (Fsp3) is 1.00. The minimum absolute atomic E-state index is 0.265. The minimum atomic E-state index is 0.265. The molecule has 0 atom stereocenters. The Bertz CT molecular complexity index is 188. The van der Waals surface area contributed by atoms with Crippen molar-refractivity contribution in [3.63, 3.8) is 0 Å². The maximum Gasteiger partial charge on any atom is 0.0529 e. The van der Waals surface area contributed by atoms with Crippen LogP contribution in [0.1, 0.15) is 33.1 Å². The number of nitrogens with one attached hydrogen (secondary N) is 1. The summed E-state index contributed by atoms with van der Waals surface area (Å²) in [5.74, 6) is 0. The molecule has 0 radical (unpaired) electrons. The predicted molar refractivity (Wildman–Crippen MR) is 68.8 cm³/mol. The Hall–Kier alpha value is -0.120. The maximum absolute atomic E-state index is 5.73. The summed E-state index contributed by atoms with van der Waals surface area (Å²) in [4.78, 5) is 2.20. The smallest absolute Gasteiger partial charge is 0.0529 e. The van der Waals surface area contributed by atoms with Crippen LogP contribution in [-0.2, 0) is 4.74 Å². The van der Waals surface area contributed by atoms with Crippen molar-refractivity contribution in [3.8, 4) is 0 Å². The third-order valence-corrected chi connectivity index (χ3v) is 2.83. The Morgan fingerprint density at radius 1 is 1.31 bits per heavy atom. The summed E-state index contributed by atoms with van der Waals surface area (Å²) in [5.41, 5.74) is 0.265. The number of hydrogen-bond donors (Lipinski definition) is 1. The molecule has 0 heterocycles. The zero-order valence-electron chi connectivity index (χ0n) is 11.4. The summed E-state index contributed by atoms with van der Waals surface area (Å²) in [7, 11) is 4.20. The number of rotatable bonds is 9. The van der Waals surface area contributed by atoms with Gasteiger partial charge in [-0.1, -0.05) is 13.8 Å². The van der Waals surface area contributed by atoms with Crippen molar-refractivity contribution in [2.24, 2.45) is 5.41 Å². The van der Waals surface area contributed by atoms with Crippen LogP contribution in [-0.4, -0.2) is 51.3 Å². The van der Waals surface area contributed by atoms with Gasteiger partial charge in [-0.15, -0.1) is 0 Å². The molecule has 0 bridgehead atoms. The van der Waals surface area contributed by atoms with Crippen molar-refractivity contribution >= 4 is 0 Å². The largest absolute Gasteiger partial charge is 0.381 e. The van der Waals surface area contributed by atoms with Crippen LogP contribution in [0.5, 0.6) is 0 Å². The summed E-state index contributed by atoms with van der Waals surface area (Å²) in [5, 5.41) is 3.57. The molecule has 3 heteroatoms. The molecule has 3 nitrogen and oxygen atoms in total. The lowest BCUT2D eigenvalue weighted by Crippen LogP contribution is -2.34. The van der Waals surface area contributed by atoms with Crippen LogP contribution < -0.4 is 5.32 Å².